The summed E-state index contributed by atoms with van der Waals surface area (Å²) in [6, 6.07) is 12.0. The summed E-state index contributed by atoms with van der Waals surface area (Å²) in [4.78, 5) is 23.5. The Labute approximate surface area is 226 Å². The molecular weight excluding hydrogens is 484 g/mol. The molecule has 0 fully saturated rings. The van der Waals surface area contributed by atoms with Crippen LogP contribution in [0.15, 0.2) is 60.7 Å². The summed E-state index contributed by atoms with van der Waals surface area (Å²) in [5, 5.41) is 9.55. The van der Waals surface area contributed by atoms with Gasteiger partial charge in [-0.25, -0.2) is 9.59 Å². The van der Waals surface area contributed by atoms with Crippen molar-refractivity contribution in [3.05, 3.63) is 71.8 Å². The van der Waals surface area contributed by atoms with Gasteiger partial charge in [0.25, 0.3) is 0 Å². The Morgan fingerprint density at radius 2 is 1.29 bits per heavy atom. The normalized spacial score (nSPS) is 10.5. The molecule has 0 radical (unpaired) electrons. The van der Waals surface area contributed by atoms with Crippen molar-refractivity contribution < 1.29 is 33.6 Å². The maximum absolute atomic E-state index is 11.7. The molecule has 0 aromatic heterocycles. The van der Waals surface area contributed by atoms with E-state index in [0.29, 0.717) is 29.1 Å². The van der Waals surface area contributed by atoms with E-state index in [-0.39, 0.29) is 33.0 Å². The number of esters is 2. The van der Waals surface area contributed by atoms with Gasteiger partial charge < -0.3 is 24.1 Å². The van der Waals surface area contributed by atoms with Gasteiger partial charge in [0.1, 0.15) is 37.9 Å². The summed E-state index contributed by atoms with van der Waals surface area (Å²) in [6.07, 6.45) is 4.91. The molecule has 2 aromatic rings. The van der Waals surface area contributed by atoms with Crippen LogP contribution >= 0.6 is 0 Å². The summed E-state index contributed by atoms with van der Waals surface area (Å²) in [6.45, 7) is 12.8. The van der Waals surface area contributed by atoms with Crippen LogP contribution in [0.3, 0.4) is 0 Å². The van der Waals surface area contributed by atoms with Crippen LogP contribution in [0.1, 0.15) is 51.2 Å². The summed E-state index contributed by atoms with van der Waals surface area (Å²) in [7, 11) is 0. The van der Waals surface area contributed by atoms with Crippen molar-refractivity contribution in [2.24, 2.45) is 0 Å². The molecule has 0 spiro atoms. The zero-order chi connectivity index (χ0) is 27.9. The second kappa shape index (κ2) is 16.3. The number of carbonyl (C=O) groups excluding carboxylic acids is 2. The van der Waals surface area contributed by atoms with E-state index in [0.717, 1.165) is 29.5 Å². The highest BCUT2D eigenvalue weighted by atomic mass is 16.6. The quantitative estimate of drug-likeness (QED) is 0.163. The number of aliphatic hydroxyl groups excluding tert-OH is 1. The molecule has 0 saturated carbocycles. The van der Waals surface area contributed by atoms with Crippen LogP contribution in [0.4, 0.5) is 0 Å². The number of aliphatic hydroxyl groups is 1. The minimum Gasteiger partial charge on any atom is -0.489 e. The van der Waals surface area contributed by atoms with Gasteiger partial charge in [-0.15, -0.1) is 0 Å². The number of unbranched alkanes of at least 4 members (excludes halogenated alkanes) is 2. The number of hydrogen-bond donors (Lipinski definition) is 1. The molecule has 0 amide bonds. The largest absolute Gasteiger partial charge is 0.489 e. The predicted molar refractivity (Wildman–Crippen MR) is 148 cm³/mol. The van der Waals surface area contributed by atoms with Gasteiger partial charge in [0, 0.05) is 17.8 Å². The Morgan fingerprint density at radius 1 is 0.763 bits per heavy atom. The molecule has 206 valence electrons. The first-order chi connectivity index (χ1) is 18.3. The highest BCUT2D eigenvalue weighted by molar-refractivity contribution is 5.87. The van der Waals surface area contributed by atoms with E-state index in [1.54, 1.807) is 13.8 Å². The summed E-state index contributed by atoms with van der Waals surface area (Å²) in [5.74, 6) is 0.120. The molecule has 7 nitrogen and oxygen atoms in total. The summed E-state index contributed by atoms with van der Waals surface area (Å²) in [5.41, 5.74) is 4.32. The third kappa shape index (κ3) is 10.1. The van der Waals surface area contributed by atoms with Gasteiger partial charge in [-0.3, -0.25) is 0 Å². The Morgan fingerprint density at radius 3 is 1.74 bits per heavy atom. The molecular formula is C31H40O7. The number of ether oxygens (including phenoxy) is 4. The molecule has 38 heavy (non-hydrogen) atoms. The molecule has 0 atom stereocenters. The lowest BCUT2D eigenvalue weighted by molar-refractivity contribution is -0.140. The second-order valence-electron chi connectivity index (χ2n) is 9.12. The van der Waals surface area contributed by atoms with E-state index in [4.69, 9.17) is 18.9 Å². The van der Waals surface area contributed by atoms with Crippen LogP contribution in [0.5, 0.6) is 11.5 Å². The second-order valence-corrected chi connectivity index (χ2v) is 9.12. The van der Waals surface area contributed by atoms with Crippen molar-refractivity contribution in [3.63, 3.8) is 0 Å². The van der Waals surface area contributed by atoms with Gasteiger partial charge in [0.2, 0.25) is 0 Å². The van der Waals surface area contributed by atoms with Gasteiger partial charge in [0.05, 0.1) is 5.56 Å². The molecule has 0 bridgehead atoms. The smallest absolute Gasteiger partial charge is 0.333 e. The molecule has 1 N–H and O–H groups in total. The molecule has 2 rings (SSSR count). The SMILES string of the molecule is C=C(C)C(=O)OCCOc1cc(CCO)cc(OCCOC(=O)C(=C)C)c1-c1ccc(CCCCC)cc1. The van der Waals surface area contributed by atoms with Crippen LogP contribution in [0, 0.1) is 0 Å². The Balaban J connectivity index is 2.34. The summed E-state index contributed by atoms with van der Waals surface area (Å²) >= 11 is 0. The number of aryl methyl sites for hydroxylation is 1. The lowest BCUT2D eigenvalue weighted by Gasteiger charge is -2.19. The Kier molecular flexibility index (Phi) is 13.1. The van der Waals surface area contributed by atoms with Gasteiger partial charge in [-0.1, -0.05) is 57.2 Å². The van der Waals surface area contributed by atoms with Crippen molar-refractivity contribution in [1.82, 2.24) is 0 Å². The average molecular weight is 525 g/mol. The standard InChI is InChI=1S/C31H40O7/c1-6-7-8-9-24-10-12-26(13-11-24)29-27(35-16-18-37-30(33)22(2)3)20-25(14-15-32)21-28(29)36-17-19-38-31(34)23(4)5/h10-13,20-21,32H,2,4,6-9,14-19H2,1,3,5H3. The maximum Gasteiger partial charge on any atom is 0.333 e. The van der Waals surface area contributed by atoms with Gasteiger partial charge >= 0.3 is 11.9 Å². The number of carbonyl (C=O) groups is 2. The molecule has 7 heteroatoms. The molecule has 0 saturated heterocycles. The molecule has 0 aliphatic carbocycles. The minimum absolute atomic E-state index is 0.0445. The maximum atomic E-state index is 11.7. The summed E-state index contributed by atoms with van der Waals surface area (Å²) < 4.78 is 22.5. The minimum atomic E-state index is -0.477. The van der Waals surface area contributed by atoms with E-state index in [1.165, 1.54) is 18.4 Å². The third-order valence-corrected chi connectivity index (χ3v) is 5.68. The van der Waals surface area contributed by atoms with E-state index in [1.807, 2.05) is 24.3 Å². The molecule has 2 aromatic carbocycles. The van der Waals surface area contributed by atoms with Crippen molar-refractivity contribution in [3.8, 4) is 22.6 Å². The fraction of sp³-hybridized carbons (Fsp3) is 0.419. The van der Waals surface area contributed by atoms with Gasteiger partial charge in [-0.2, -0.15) is 0 Å². The van der Waals surface area contributed by atoms with Crippen molar-refractivity contribution in [1.29, 1.82) is 0 Å². The Bertz CT molecular complexity index is 1030. The lowest BCUT2D eigenvalue weighted by Crippen LogP contribution is -2.14. The molecule has 0 aliphatic heterocycles. The molecule has 0 aliphatic rings. The van der Waals surface area contributed by atoms with Crippen LogP contribution in [0.25, 0.3) is 11.1 Å². The monoisotopic (exact) mass is 524 g/mol. The first-order valence-corrected chi connectivity index (χ1v) is 13.0. The third-order valence-electron chi connectivity index (χ3n) is 5.68. The van der Waals surface area contributed by atoms with Crippen molar-refractivity contribution >= 4 is 11.9 Å². The predicted octanol–water partition coefficient (Wildman–Crippen LogP) is 5.62. The first-order valence-electron chi connectivity index (χ1n) is 13.0. The van der Waals surface area contributed by atoms with Crippen LogP contribution in [-0.2, 0) is 31.9 Å². The molecule has 0 unspecified atom stereocenters. The van der Waals surface area contributed by atoms with Crippen LogP contribution in [-0.4, -0.2) is 50.1 Å². The lowest BCUT2D eigenvalue weighted by atomic mass is 9.97. The first kappa shape index (κ1) is 30.6. The highest BCUT2D eigenvalue weighted by Crippen LogP contribution is 2.40. The molecule has 0 heterocycles. The fourth-order valence-electron chi connectivity index (χ4n) is 3.67. The van der Waals surface area contributed by atoms with Gasteiger partial charge in [-0.05, 0) is 61.9 Å². The topological polar surface area (TPSA) is 91.3 Å². The zero-order valence-corrected chi connectivity index (χ0v) is 22.8. The van der Waals surface area contributed by atoms with E-state index in [9.17, 15) is 14.7 Å². The van der Waals surface area contributed by atoms with Crippen LogP contribution < -0.4 is 9.47 Å². The van der Waals surface area contributed by atoms with Crippen LogP contribution in [0.2, 0.25) is 0 Å². The Hall–Kier alpha value is -3.58. The highest BCUT2D eigenvalue weighted by Gasteiger charge is 2.17. The van der Waals surface area contributed by atoms with Gasteiger partial charge in [0.15, 0.2) is 0 Å². The van der Waals surface area contributed by atoms with Crippen molar-refractivity contribution in [2.75, 3.05) is 33.0 Å². The number of benzene rings is 2. The van der Waals surface area contributed by atoms with E-state index in [2.05, 4.69) is 32.2 Å². The number of rotatable bonds is 17. The fourth-order valence-corrected chi connectivity index (χ4v) is 3.67. The van der Waals surface area contributed by atoms with E-state index < -0.39 is 11.9 Å². The average Bonchev–Trinajstić information content (AvgIpc) is 2.89. The zero-order valence-electron chi connectivity index (χ0n) is 22.8. The van der Waals surface area contributed by atoms with Crippen molar-refractivity contribution in [2.45, 2.75) is 52.9 Å². The van der Waals surface area contributed by atoms with E-state index >= 15 is 0 Å². The number of hydrogen-bond acceptors (Lipinski definition) is 7.